The quantitative estimate of drug-likeness (QED) is 0.337. The second-order valence-electron chi connectivity index (χ2n) is 5.98. The molecule has 0 radical (unpaired) electrons. The largest absolute Gasteiger partial charge is 0.310 e. The van der Waals surface area contributed by atoms with Gasteiger partial charge >= 0.3 is 0 Å². The lowest BCUT2D eigenvalue weighted by Gasteiger charge is -2.46. The molecule has 0 bridgehead atoms. The van der Waals surface area contributed by atoms with Crippen molar-refractivity contribution in [1.29, 1.82) is 0 Å². The number of amides is 2. The minimum atomic E-state index is -0.523. The number of likely N-dealkylation sites (tertiary alicyclic amines) is 1. The molecule has 2 aliphatic heterocycles. The van der Waals surface area contributed by atoms with Crippen molar-refractivity contribution >= 4 is 51.3 Å². The number of halogens is 2. The SMILES string of the molecule is CC1(C)SN(Cc2ccccc2)C(=O)[C@@H]1N1C(=O)[C@H](Br)[C@H]1Cl. The van der Waals surface area contributed by atoms with E-state index in [1.165, 1.54) is 16.8 Å². The highest BCUT2D eigenvalue weighted by atomic mass is 79.9. The van der Waals surface area contributed by atoms with Crippen LogP contribution in [0.2, 0.25) is 0 Å². The van der Waals surface area contributed by atoms with Gasteiger partial charge in [-0.15, -0.1) is 0 Å². The third-order valence-electron chi connectivity index (χ3n) is 3.93. The molecule has 2 amide bonds. The van der Waals surface area contributed by atoms with Crippen LogP contribution in [0.15, 0.2) is 30.3 Å². The fraction of sp³-hybridized carbons (Fsp3) is 0.467. The lowest BCUT2D eigenvalue weighted by Crippen LogP contribution is -2.67. The van der Waals surface area contributed by atoms with E-state index in [2.05, 4.69) is 15.9 Å². The normalized spacial score (nSPS) is 30.6. The van der Waals surface area contributed by atoms with Crippen LogP contribution in [0.1, 0.15) is 19.4 Å². The topological polar surface area (TPSA) is 40.6 Å². The van der Waals surface area contributed by atoms with Crippen molar-refractivity contribution in [2.24, 2.45) is 0 Å². The Morgan fingerprint density at radius 1 is 1.23 bits per heavy atom. The molecule has 0 spiro atoms. The molecule has 0 aromatic heterocycles. The molecule has 7 heteroatoms. The second kappa shape index (κ2) is 5.73. The molecule has 0 aliphatic carbocycles. The van der Waals surface area contributed by atoms with Gasteiger partial charge in [-0.2, -0.15) is 0 Å². The number of hydrogen-bond acceptors (Lipinski definition) is 3. The zero-order valence-corrected chi connectivity index (χ0v) is 15.4. The monoisotopic (exact) mass is 402 g/mol. The molecular formula is C15H16BrClN2O2S. The van der Waals surface area contributed by atoms with E-state index in [1.54, 1.807) is 4.31 Å². The number of β-lactam (4-membered cyclic amide) rings is 1. The highest BCUT2D eigenvalue weighted by Crippen LogP contribution is 2.47. The van der Waals surface area contributed by atoms with E-state index in [0.717, 1.165) is 5.56 Å². The number of carbonyl (C=O) groups is 2. The van der Waals surface area contributed by atoms with E-state index in [0.29, 0.717) is 6.54 Å². The number of rotatable bonds is 3. The molecule has 118 valence electrons. The molecule has 2 fully saturated rings. The molecule has 1 aromatic carbocycles. The molecule has 2 saturated heterocycles. The average Bonchev–Trinajstić information content (AvgIpc) is 2.71. The maximum absolute atomic E-state index is 12.8. The van der Waals surface area contributed by atoms with Crippen LogP contribution in [0.5, 0.6) is 0 Å². The minimum Gasteiger partial charge on any atom is -0.310 e. The molecule has 1 aromatic rings. The maximum atomic E-state index is 12.8. The lowest BCUT2D eigenvalue weighted by atomic mass is 9.96. The van der Waals surface area contributed by atoms with Gasteiger partial charge < -0.3 is 4.90 Å². The van der Waals surface area contributed by atoms with Gasteiger partial charge in [0.05, 0.1) is 11.3 Å². The second-order valence-corrected chi connectivity index (χ2v) is 9.09. The lowest BCUT2D eigenvalue weighted by molar-refractivity contribution is -0.151. The van der Waals surface area contributed by atoms with Gasteiger partial charge in [0.25, 0.3) is 5.91 Å². The summed E-state index contributed by atoms with van der Waals surface area (Å²) in [4.78, 5) is 26.0. The fourth-order valence-corrected chi connectivity index (χ4v) is 4.93. The van der Waals surface area contributed by atoms with Gasteiger partial charge in [0.2, 0.25) is 5.91 Å². The first-order chi connectivity index (χ1) is 10.3. The Balaban J connectivity index is 1.81. The summed E-state index contributed by atoms with van der Waals surface area (Å²) in [5.74, 6) is -0.175. The Labute approximate surface area is 147 Å². The van der Waals surface area contributed by atoms with Crippen LogP contribution >= 0.6 is 39.5 Å². The zero-order valence-electron chi connectivity index (χ0n) is 12.2. The van der Waals surface area contributed by atoms with Gasteiger partial charge in [0.1, 0.15) is 16.4 Å². The Hall–Kier alpha value is -0.720. The first kappa shape index (κ1) is 16.1. The third-order valence-corrected chi connectivity index (χ3v) is 6.81. The van der Waals surface area contributed by atoms with Crippen LogP contribution in [-0.4, -0.2) is 42.1 Å². The van der Waals surface area contributed by atoms with Crippen molar-refractivity contribution < 1.29 is 9.59 Å². The summed E-state index contributed by atoms with van der Waals surface area (Å²) in [6, 6.07) is 9.30. The number of carbonyl (C=O) groups excluding carboxylic acids is 2. The molecule has 0 unspecified atom stereocenters. The molecule has 2 aliphatic rings. The zero-order chi connectivity index (χ0) is 16.1. The van der Waals surface area contributed by atoms with Gasteiger partial charge in [-0.25, -0.2) is 0 Å². The van der Waals surface area contributed by atoms with Gasteiger partial charge in [0.15, 0.2) is 0 Å². The summed E-state index contributed by atoms with van der Waals surface area (Å²) < 4.78 is 1.33. The van der Waals surface area contributed by atoms with Crippen molar-refractivity contribution in [1.82, 2.24) is 9.21 Å². The molecule has 3 atom stereocenters. The number of alkyl halides is 2. The Morgan fingerprint density at radius 3 is 2.45 bits per heavy atom. The third kappa shape index (κ3) is 2.55. The fourth-order valence-electron chi connectivity index (χ4n) is 2.84. The highest BCUT2D eigenvalue weighted by Gasteiger charge is 2.59. The summed E-state index contributed by atoms with van der Waals surface area (Å²) in [6.07, 6.45) is 0. The molecule has 0 N–H and O–H groups in total. The van der Waals surface area contributed by atoms with Crippen molar-refractivity contribution in [3.8, 4) is 0 Å². The summed E-state index contributed by atoms with van der Waals surface area (Å²) in [5, 5.41) is 0. The van der Waals surface area contributed by atoms with Gasteiger partial charge in [0, 0.05) is 0 Å². The van der Waals surface area contributed by atoms with E-state index in [9.17, 15) is 9.59 Å². The number of nitrogens with zero attached hydrogens (tertiary/aromatic N) is 2. The van der Waals surface area contributed by atoms with Crippen LogP contribution in [-0.2, 0) is 16.1 Å². The minimum absolute atomic E-state index is 0.0581. The molecule has 3 rings (SSSR count). The Kier molecular flexibility index (Phi) is 4.20. The first-order valence-corrected chi connectivity index (χ1v) is 9.10. The van der Waals surface area contributed by atoms with Crippen molar-refractivity contribution in [2.75, 3.05) is 0 Å². The smallest absolute Gasteiger partial charge is 0.257 e. The maximum Gasteiger partial charge on any atom is 0.257 e. The molecular weight excluding hydrogens is 388 g/mol. The van der Waals surface area contributed by atoms with Gasteiger partial charge in [-0.05, 0) is 31.4 Å². The Morgan fingerprint density at radius 2 is 1.86 bits per heavy atom. The summed E-state index contributed by atoms with van der Waals surface area (Å²) in [7, 11) is 0. The molecule has 4 nitrogen and oxygen atoms in total. The summed E-state index contributed by atoms with van der Waals surface area (Å²) >= 11 is 10.9. The van der Waals surface area contributed by atoms with Crippen LogP contribution in [0, 0.1) is 0 Å². The molecule has 2 heterocycles. The predicted molar refractivity (Wildman–Crippen MR) is 91.7 cm³/mol. The van der Waals surface area contributed by atoms with E-state index < -0.39 is 21.1 Å². The van der Waals surface area contributed by atoms with Crippen LogP contribution in [0.25, 0.3) is 0 Å². The van der Waals surface area contributed by atoms with E-state index >= 15 is 0 Å². The van der Waals surface area contributed by atoms with Gasteiger partial charge in [-0.1, -0.05) is 57.9 Å². The number of hydrogen-bond donors (Lipinski definition) is 0. The summed E-state index contributed by atoms with van der Waals surface area (Å²) in [5.41, 5.74) is 0.591. The molecule has 0 saturated carbocycles. The Bertz CT molecular complexity index is 613. The number of benzene rings is 1. The van der Waals surface area contributed by atoms with Crippen molar-refractivity contribution in [3.05, 3.63) is 35.9 Å². The van der Waals surface area contributed by atoms with Crippen LogP contribution in [0.3, 0.4) is 0 Å². The highest BCUT2D eigenvalue weighted by molar-refractivity contribution is 9.10. The van der Waals surface area contributed by atoms with Crippen molar-refractivity contribution in [3.63, 3.8) is 0 Å². The van der Waals surface area contributed by atoms with E-state index in [-0.39, 0.29) is 11.8 Å². The van der Waals surface area contributed by atoms with Gasteiger partial charge in [-0.3, -0.25) is 13.9 Å². The van der Waals surface area contributed by atoms with E-state index in [1.807, 2.05) is 44.2 Å². The van der Waals surface area contributed by atoms with Crippen LogP contribution < -0.4 is 0 Å². The first-order valence-electron chi connectivity index (χ1n) is 6.97. The van der Waals surface area contributed by atoms with Crippen LogP contribution in [0.4, 0.5) is 0 Å². The predicted octanol–water partition coefficient (Wildman–Crippen LogP) is 2.99. The standard InChI is InChI=1S/C15H16BrClN2O2S/c1-15(2)11(19-12(17)10(16)13(19)20)14(21)18(22-15)8-9-6-4-3-5-7-9/h3-7,10-12H,8H2,1-2H3/t10-,11+,12+/m1/s1. The molecule has 22 heavy (non-hydrogen) atoms. The van der Waals surface area contributed by atoms with E-state index in [4.69, 9.17) is 11.6 Å². The van der Waals surface area contributed by atoms with Crippen molar-refractivity contribution in [2.45, 2.75) is 41.5 Å². The average molecular weight is 404 g/mol. The summed E-state index contributed by atoms with van der Waals surface area (Å²) in [6.45, 7) is 4.48.